The number of thioether (sulfide) groups is 1. The Morgan fingerprint density at radius 1 is 1.11 bits per heavy atom. The molecule has 6 nitrogen and oxygen atoms in total. The number of aryl methyl sites for hydroxylation is 3. The molecule has 1 atom stereocenters. The number of aromatic nitrogens is 2. The van der Waals surface area contributed by atoms with E-state index in [1.165, 1.54) is 17.3 Å². The first-order valence-corrected chi connectivity index (χ1v) is 9.78. The largest absolute Gasteiger partial charge is 0.495 e. The molecule has 0 spiro atoms. The van der Waals surface area contributed by atoms with Gasteiger partial charge in [0.2, 0.25) is 11.8 Å². The van der Waals surface area contributed by atoms with Crippen LogP contribution in [0.1, 0.15) is 23.6 Å². The Balaban J connectivity index is 1.69. The highest BCUT2D eigenvalue weighted by atomic mass is 32.2. The van der Waals surface area contributed by atoms with E-state index in [2.05, 4.69) is 22.4 Å². The second kappa shape index (κ2) is 8.48. The van der Waals surface area contributed by atoms with Gasteiger partial charge in [-0.05, 0) is 68.7 Å². The topological polar surface area (TPSA) is 77.2 Å². The van der Waals surface area contributed by atoms with E-state index in [-0.39, 0.29) is 5.91 Å². The standard InChI is InChI=1S/C21H23N3O3S/c1-12-6-9-18(26-5)17(10-12)22-19(25)15(4)28-21-24-23-20(27-21)16-8-7-13(2)14(3)11-16/h6-11,15H,1-5H3,(H,22,25)/t15-/m0/s1. The van der Waals surface area contributed by atoms with Crippen molar-refractivity contribution in [1.82, 2.24) is 10.2 Å². The van der Waals surface area contributed by atoms with Crippen molar-refractivity contribution in [3.8, 4) is 17.2 Å². The molecule has 0 bridgehead atoms. The highest BCUT2D eigenvalue weighted by Crippen LogP contribution is 2.29. The van der Waals surface area contributed by atoms with Gasteiger partial charge in [0, 0.05) is 5.56 Å². The molecule has 0 saturated heterocycles. The lowest BCUT2D eigenvalue weighted by Crippen LogP contribution is -2.22. The van der Waals surface area contributed by atoms with Gasteiger partial charge in [0.1, 0.15) is 5.75 Å². The van der Waals surface area contributed by atoms with E-state index in [0.717, 1.165) is 16.7 Å². The van der Waals surface area contributed by atoms with Crippen LogP contribution in [0.15, 0.2) is 46.0 Å². The van der Waals surface area contributed by atoms with E-state index in [1.54, 1.807) is 14.0 Å². The zero-order valence-electron chi connectivity index (χ0n) is 16.6. The van der Waals surface area contributed by atoms with Gasteiger partial charge in [-0.1, -0.05) is 23.9 Å². The lowest BCUT2D eigenvalue weighted by atomic mass is 10.1. The van der Waals surface area contributed by atoms with Gasteiger partial charge < -0.3 is 14.5 Å². The van der Waals surface area contributed by atoms with E-state index in [0.29, 0.717) is 22.6 Å². The molecule has 1 heterocycles. The average molecular weight is 398 g/mol. The Bertz CT molecular complexity index is 1000. The van der Waals surface area contributed by atoms with E-state index in [9.17, 15) is 4.79 Å². The Labute approximate surface area is 168 Å². The van der Waals surface area contributed by atoms with Gasteiger partial charge in [-0.15, -0.1) is 10.2 Å². The summed E-state index contributed by atoms with van der Waals surface area (Å²) in [5.74, 6) is 0.893. The van der Waals surface area contributed by atoms with Crippen LogP contribution in [-0.4, -0.2) is 28.5 Å². The van der Waals surface area contributed by atoms with Crippen LogP contribution in [-0.2, 0) is 4.79 Å². The van der Waals surface area contributed by atoms with Crippen molar-refractivity contribution in [2.24, 2.45) is 0 Å². The molecule has 0 radical (unpaired) electrons. The van der Waals surface area contributed by atoms with Gasteiger partial charge in [-0.2, -0.15) is 0 Å². The number of hydrogen-bond donors (Lipinski definition) is 1. The zero-order valence-corrected chi connectivity index (χ0v) is 17.4. The predicted octanol–water partition coefficient (Wildman–Crippen LogP) is 4.79. The van der Waals surface area contributed by atoms with Crippen LogP contribution < -0.4 is 10.1 Å². The van der Waals surface area contributed by atoms with Crippen molar-refractivity contribution in [2.45, 2.75) is 38.2 Å². The lowest BCUT2D eigenvalue weighted by Gasteiger charge is -2.13. The number of ether oxygens (including phenoxy) is 1. The van der Waals surface area contributed by atoms with Crippen molar-refractivity contribution in [3.05, 3.63) is 53.1 Å². The molecule has 0 aliphatic rings. The molecule has 0 aliphatic heterocycles. The first kappa shape index (κ1) is 19.9. The molecule has 2 aromatic carbocycles. The predicted molar refractivity (Wildman–Crippen MR) is 111 cm³/mol. The quantitative estimate of drug-likeness (QED) is 0.603. The Hall–Kier alpha value is -2.80. The summed E-state index contributed by atoms with van der Waals surface area (Å²) in [6.07, 6.45) is 0. The second-order valence-corrected chi connectivity index (χ2v) is 7.92. The van der Waals surface area contributed by atoms with Gasteiger partial charge in [-0.25, -0.2) is 0 Å². The summed E-state index contributed by atoms with van der Waals surface area (Å²) in [6.45, 7) is 7.84. The maximum absolute atomic E-state index is 12.6. The van der Waals surface area contributed by atoms with Gasteiger partial charge in [0.25, 0.3) is 5.22 Å². The number of anilines is 1. The van der Waals surface area contributed by atoms with Crippen LogP contribution in [0.4, 0.5) is 5.69 Å². The number of nitrogens with one attached hydrogen (secondary N) is 1. The SMILES string of the molecule is COc1ccc(C)cc1NC(=O)[C@H](C)Sc1nnc(-c2ccc(C)c(C)c2)o1. The molecule has 0 aliphatic carbocycles. The van der Waals surface area contributed by atoms with Crippen LogP contribution in [0.25, 0.3) is 11.5 Å². The molecule has 28 heavy (non-hydrogen) atoms. The summed E-state index contributed by atoms with van der Waals surface area (Å²) in [7, 11) is 1.57. The first-order valence-electron chi connectivity index (χ1n) is 8.90. The monoisotopic (exact) mass is 397 g/mol. The smallest absolute Gasteiger partial charge is 0.277 e. The van der Waals surface area contributed by atoms with E-state index in [4.69, 9.17) is 9.15 Å². The molecule has 1 amide bonds. The molecular formula is C21H23N3O3S. The number of hydrogen-bond acceptors (Lipinski definition) is 6. The molecule has 3 rings (SSSR count). The van der Waals surface area contributed by atoms with Gasteiger partial charge in [0.15, 0.2) is 0 Å². The number of carbonyl (C=O) groups excluding carboxylic acids is 1. The summed E-state index contributed by atoms with van der Waals surface area (Å²) in [5.41, 5.74) is 4.90. The molecule has 146 valence electrons. The van der Waals surface area contributed by atoms with Crippen LogP contribution in [0.2, 0.25) is 0 Å². The van der Waals surface area contributed by atoms with Crippen LogP contribution in [0.3, 0.4) is 0 Å². The summed E-state index contributed by atoms with van der Waals surface area (Å²) in [6, 6.07) is 11.6. The third-order valence-electron chi connectivity index (χ3n) is 4.42. The van der Waals surface area contributed by atoms with E-state index >= 15 is 0 Å². The molecule has 7 heteroatoms. The Kier molecular flexibility index (Phi) is 6.04. The molecule has 0 saturated carbocycles. The normalized spacial score (nSPS) is 11.9. The third-order valence-corrected chi connectivity index (χ3v) is 5.35. The number of carbonyl (C=O) groups is 1. The maximum atomic E-state index is 12.6. The second-order valence-electron chi connectivity index (χ2n) is 6.63. The minimum Gasteiger partial charge on any atom is -0.495 e. The van der Waals surface area contributed by atoms with Crippen molar-refractivity contribution < 1.29 is 13.9 Å². The van der Waals surface area contributed by atoms with Crippen molar-refractivity contribution in [3.63, 3.8) is 0 Å². The van der Waals surface area contributed by atoms with Crippen LogP contribution in [0.5, 0.6) is 5.75 Å². The van der Waals surface area contributed by atoms with Crippen LogP contribution >= 0.6 is 11.8 Å². The minimum absolute atomic E-state index is 0.167. The van der Waals surface area contributed by atoms with Crippen molar-refractivity contribution in [2.75, 3.05) is 12.4 Å². The zero-order chi connectivity index (χ0) is 20.3. The fourth-order valence-corrected chi connectivity index (χ4v) is 3.29. The van der Waals surface area contributed by atoms with Gasteiger partial charge in [0.05, 0.1) is 18.0 Å². The van der Waals surface area contributed by atoms with E-state index in [1.807, 2.05) is 50.2 Å². The van der Waals surface area contributed by atoms with Gasteiger partial charge in [-0.3, -0.25) is 4.79 Å². The fourth-order valence-electron chi connectivity index (χ4n) is 2.61. The first-order chi connectivity index (χ1) is 13.4. The molecule has 0 fully saturated rings. The van der Waals surface area contributed by atoms with Crippen molar-refractivity contribution >= 4 is 23.4 Å². The summed E-state index contributed by atoms with van der Waals surface area (Å²) in [4.78, 5) is 12.6. The molecule has 1 aromatic heterocycles. The Morgan fingerprint density at radius 2 is 1.89 bits per heavy atom. The molecular weight excluding hydrogens is 374 g/mol. The number of methoxy groups -OCH3 is 1. The fraction of sp³-hybridized carbons (Fsp3) is 0.286. The van der Waals surface area contributed by atoms with Crippen molar-refractivity contribution in [1.29, 1.82) is 0 Å². The maximum Gasteiger partial charge on any atom is 0.277 e. The molecule has 3 aromatic rings. The van der Waals surface area contributed by atoms with Gasteiger partial charge >= 0.3 is 0 Å². The average Bonchev–Trinajstić information content (AvgIpc) is 3.12. The van der Waals surface area contributed by atoms with Crippen LogP contribution in [0, 0.1) is 20.8 Å². The summed E-state index contributed by atoms with van der Waals surface area (Å²) in [5, 5.41) is 11.0. The highest BCUT2D eigenvalue weighted by molar-refractivity contribution is 8.00. The minimum atomic E-state index is -0.418. The molecule has 1 N–H and O–H groups in total. The highest BCUT2D eigenvalue weighted by Gasteiger charge is 2.20. The third kappa shape index (κ3) is 4.54. The Morgan fingerprint density at radius 3 is 2.61 bits per heavy atom. The summed E-state index contributed by atoms with van der Waals surface area (Å²) < 4.78 is 11.0. The summed E-state index contributed by atoms with van der Waals surface area (Å²) >= 11 is 1.22. The molecule has 0 unspecified atom stereocenters. The number of amides is 1. The lowest BCUT2D eigenvalue weighted by molar-refractivity contribution is -0.115. The number of benzene rings is 2. The number of nitrogens with zero attached hydrogens (tertiary/aromatic N) is 2. The number of rotatable bonds is 6. The van der Waals surface area contributed by atoms with E-state index < -0.39 is 5.25 Å².